The Balaban J connectivity index is 2.26. The van der Waals surface area contributed by atoms with Crippen molar-refractivity contribution in [2.24, 2.45) is 0 Å². The van der Waals surface area contributed by atoms with Crippen molar-refractivity contribution < 1.29 is 8.78 Å². The van der Waals surface area contributed by atoms with Crippen LogP contribution in [0.2, 0.25) is 4.34 Å². The van der Waals surface area contributed by atoms with E-state index in [1.54, 1.807) is 13.1 Å². The molecule has 0 atom stereocenters. The number of halogens is 3. The van der Waals surface area contributed by atoms with Gasteiger partial charge in [-0.1, -0.05) is 11.6 Å². The van der Waals surface area contributed by atoms with Gasteiger partial charge < -0.3 is 10.6 Å². The van der Waals surface area contributed by atoms with Crippen LogP contribution in [0, 0.1) is 11.6 Å². The molecule has 0 radical (unpaired) electrons. The van der Waals surface area contributed by atoms with Gasteiger partial charge in [-0.15, -0.1) is 11.3 Å². The first-order valence-corrected chi connectivity index (χ1v) is 6.36. The predicted octanol–water partition coefficient (Wildman–Crippen LogP) is 3.90. The minimum absolute atomic E-state index is 0.0707. The van der Waals surface area contributed by atoms with Gasteiger partial charge in [-0.05, 0) is 24.3 Å². The zero-order valence-electron chi connectivity index (χ0n) is 9.58. The number of hydrogen-bond donors (Lipinski definition) is 1. The van der Waals surface area contributed by atoms with Crippen molar-refractivity contribution in [3.05, 3.63) is 45.1 Å². The molecule has 2 aromatic rings. The molecule has 0 amide bonds. The van der Waals surface area contributed by atoms with Crippen molar-refractivity contribution in [3.63, 3.8) is 0 Å². The Kier molecular flexibility index (Phi) is 3.73. The predicted molar refractivity (Wildman–Crippen MR) is 72.2 cm³/mol. The highest BCUT2D eigenvalue weighted by Gasteiger charge is 2.15. The van der Waals surface area contributed by atoms with E-state index in [1.807, 2.05) is 6.07 Å². The Morgan fingerprint density at radius 2 is 1.89 bits per heavy atom. The molecule has 1 heterocycles. The molecule has 0 saturated heterocycles. The van der Waals surface area contributed by atoms with Crippen molar-refractivity contribution in [1.82, 2.24) is 0 Å². The molecular weight excluding hydrogens is 278 g/mol. The lowest BCUT2D eigenvalue weighted by Gasteiger charge is -2.20. The van der Waals surface area contributed by atoms with Gasteiger partial charge in [0, 0.05) is 17.6 Å². The molecule has 0 saturated carbocycles. The summed E-state index contributed by atoms with van der Waals surface area (Å²) in [5.41, 5.74) is 5.35. The Labute approximate surface area is 113 Å². The Bertz CT molecular complexity index is 548. The van der Waals surface area contributed by atoms with E-state index in [2.05, 4.69) is 0 Å². The van der Waals surface area contributed by atoms with E-state index >= 15 is 0 Å². The van der Waals surface area contributed by atoms with Crippen LogP contribution in [0.5, 0.6) is 0 Å². The quantitative estimate of drug-likeness (QED) is 0.868. The molecule has 0 unspecified atom stereocenters. The van der Waals surface area contributed by atoms with Crippen molar-refractivity contribution in [2.45, 2.75) is 6.54 Å². The van der Waals surface area contributed by atoms with Crippen LogP contribution in [-0.4, -0.2) is 7.05 Å². The lowest BCUT2D eigenvalue weighted by atomic mass is 10.2. The van der Waals surface area contributed by atoms with Gasteiger partial charge in [0.25, 0.3) is 0 Å². The molecule has 0 aliphatic carbocycles. The summed E-state index contributed by atoms with van der Waals surface area (Å²) in [6.45, 7) is 0.384. The molecule has 2 N–H and O–H groups in total. The van der Waals surface area contributed by atoms with Gasteiger partial charge in [0.2, 0.25) is 0 Å². The summed E-state index contributed by atoms with van der Waals surface area (Å²) in [6.07, 6.45) is 0. The standard InChI is InChI=1S/C12H11ClF2N2S/c1-17(6-8-2-3-11(13)18-8)12-9(14)4-7(16)5-10(12)15/h2-5H,6,16H2,1H3. The number of anilines is 2. The molecule has 0 fully saturated rings. The zero-order chi connectivity index (χ0) is 13.3. The molecule has 0 aliphatic heterocycles. The summed E-state index contributed by atoms with van der Waals surface area (Å²) >= 11 is 7.19. The summed E-state index contributed by atoms with van der Waals surface area (Å²) in [6, 6.07) is 5.80. The number of benzene rings is 1. The van der Waals surface area contributed by atoms with Crippen molar-refractivity contribution in [3.8, 4) is 0 Å². The van der Waals surface area contributed by atoms with Crippen molar-refractivity contribution >= 4 is 34.3 Å². The van der Waals surface area contributed by atoms with Gasteiger partial charge in [-0.25, -0.2) is 8.78 Å². The van der Waals surface area contributed by atoms with Crippen LogP contribution >= 0.6 is 22.9 Å². The second-order valence-corrected chi connectivity index (χ2v) is 5.69. The highest BCUT2D eigenvalue weighted by Crippen LogP contribution is 2.28. The largest absolute Gasteiger partial charge is 0.399 e. The first-order chi connectivity index (χ1) is 8.47. The number of hydrogen-bond acceptors (Lipinski definition) is 3. The third kappa shape index (κ3) is 2.73. The molecule has 0 aliphatic rings. The first-order valence-electron chi connectivity index (χ1n) is 5.17. The maximum atomic E-state index is 13.7. The van der Waals surface area contributed by atoms with E-state index in [1.165, 1.54) is 16.2 Å². The second kappa shape index (κ2) is 5.12. The van der Waals surface area contributed by atoms with E-state index in [-0.39, 0.29) is 11.4 Å². The number of nitrogens with two attached hydrogens (primary N) is 1. The first kappa shape index (κ1) is 13.1. The molecule has 1 aromatic heterocycles. The minimum Gasteiger partial charge on any atom is -0.399 e. The normalized spacial score (nSPS) is 10.7. The summed E-state index contributed by atoms with van der Waals surface area (Å²) < 4.78 is 28.0. The van der Waals surface area contributed by atoms with Crippen molar-refractivity contribution in [2.75, 3.05) is 17.7 Å². The van der Waals surface area contributed by atoms with E-state index in [4.69, 9.17) is 17.3 Å². The van der Waals surface area contributed by atoms with Gasteiger partial charge in [0.05, 0.1) is 10.9 Å². The van der Waals surface area contributed by atoms with Gasteiger partial charge in [-0.3, -0.25) is 0 Å². The van der Waals surface area contributed by atoms with Gasteiger partial charge >= 0.3 is 0 Å². The molecular formula is C12H11ClF2N2S. The average molecular weight is 289 g/mol. The van der Waals surface area contributed by atoms with Gasteiger partial charge in [-0.2, -0.15) is 0 Å². The summed E-state index contributed by atoms with van der Waals surface area (Å²) in [5.74, 6) is -1.34. The summed E-state index contributed by atoms with van der Waals surface area (Å²) in [7, 11) is 1.62. The van der Waals surface area contributed by atoms with E-state index < -0.39 is 11.6 Å². The second-order valence-electron chi connectivity index (χ2n) is 3.90. The smallest absolute Gasteiger partial charge is 0.151 e. The molecule has 96 valence electrons. The molecule has 2 rings (SSSR count). The van der Waals surface area contributed by atoms with E-state index in [0.717, 1.165) is 17.0 Å². The molecule has 6 heteroatoms. The van der Waals surface area contributed by atoms with Crippen molar-refractivity contribution in [1.29, 1.82) is 0 Å². The van der Waals surface area contributed by atoms with E-state index in [9.17, 15) is 8.78 Å². The minimum atomic E-state index is -0.669. The maximum absolute atomic E-state index is 13.7. The fourth-order valence-corrected chi connectivity index (χ4v) is 2.84. The Hall–Kier alpha value is -1.33. The Morgan fingerprint density at radius 1 is 1.28 bits per heavy atom. The van der Waals surface area contributed by atoms with Crippen LogP contribution in [0.15, 0.2) is 24.3 Å². The highest BCUT2D eigenvalue weighted by molar-refractivity contribution is 7.16. The van der Waals surface area contributed by atoms with Crippen LogP contribution in [0.3, 0.4) is 0 Å². The van der Waals surface area contributed by atoms with Crippen LogP contribution in [0.1, 0.15) is 4.88 Å². The van der Waals surface area contributed by atoms with E-state index in [0.29, 0.717) is 10.9 Å². The molecule has 18 heavy (non-hydrogen) atoms. The van der Waals surface area contributed by atoms with Crippen LogP contribution < -0.4 is 10.6 Å². The average Bonchev–Trinajstić information content (AvgIpc) is 2.62. The SMILES string of the molecule is CN(Cc1ccc(Cl)s1)c1c(F)cc(N)cc1F. The van der Waals surface area contributed by atoms with Gasteiger partial charge in [0.15, 0.2) is 11.6 Å². The number of thiophene rings is 1. The van der Waals surface area contributed by atoms with Crippen LogP contribution in [0.4, 0.5) is 20.2 Å². The molecule has 0 spiro atoms. The topological polar surface area (TPSA) is 29.3 Å². The number of nitrogens with zero attached hydrogens (tertiary/aromatic N) is 1. The molecule has 2 nitrogen and oxygen atoms in total. The number of rotatable bonds is 3. The highest BCUT2D eigenvalue weighted by atomic mass is 35.5. The maximum Gasteiger partial charge on any atom is 0.151 e. The monoisotopic (exact) mass is 288 g/mol. The third-order valence-corrected chi connectivity index (χ3v) is 3.66. The molecule has 0 bridgehead atoms. The molecule has 1 aromatic carbocycles. The fourth-order valence-electron chi connectivity index (χ4n) is 1.70. The van der Waals surface area contributed by atoms with Crippen LogP contribution in [0.25, 0.3) is 0 Å². The lowest BCUT2D eigenvalue weighted by molar-refractivity contribution is 0.578. The Morgan fingerprint density at radius 3 is 2.39 bits per heavy atom. The third-order valence-electron chi connectivity index (χ3n) is 2.44. The number of nitrogen functional groups attached to an aromatic ring is 1. The van der Waals surface area contributed by atoms with Crippen LogP contribution in [-0.2, 0) is 6.54 Å². The summed E-state index contributed by atoms with van der Waals surface area (Å²) in [5, 5.41) is 0. The fraction of sp³-hybridized carbons (Fsp3) is 0.167. The summed E-state index contributed by atoms with van der Waals surface area (Å²) in [4.78, 5) is 2.42. The zero-order valence-corrected chi connectivity index (χ0v) is 11.2. The lowest BCUT2D eigenvalue weighted by Crippen LogP contribution is -2.18. The van der Waals surface area contributed by atoms with Gasteiger partial charge in [0.1, 0.15) is 5.69 Å².